The quantitative estimate of drug-likeness (QED) is 0.321. The number of dihydropyridines is 1. The first kappa shape index (κ1) is 26.5. The van der Waals surface area contributed by atoms with Crippen molar-refractivity contribution in [2.75, 3.05) is 26.9 Å². The summed E-state index contributed by atoms with van der Waals surface area (Å²) >= 11 is 0. The number of rotatable bonds is 9. The summed E-state index contributed by atoms with van der Waals surface area (Å²) in [5.41, 5.74) is 2.76. The van der Waals surface area contributed by atoms with Crippen LogP contribution < -0.4 is 10.1 Å². The fourth-order valence-electron chi connectivity index (χ4n) is 4.73. The molecule has 35 heavy (non-hydrogen) atoms. The average molecular weight is 486 g/mol. The first-order valence-corrected chi connectivity index (χ1v) is 12.0. The molecule has 0 amide bonds. The Hall–Kier alpha value is -3.13. The SMILES string of the molecule is CCOc1cccc([C@@H]2C(C(=O)OCCOC(C)C)=C(C)NC3=C2C(=O)[C@@H](C(=O)OC)[C@@H](C)C3)c1. The van der Waals surface area contributed by atoms with Crippen LogP contribution in [0.1, 0.15) is 52.5 Å². The number of hydrogen-bond acceptors (Lipinski definition) is 8. The van der Waals surface area contributed by atoms with Gasteiger partial charge in [-0.05, 0) is 57.7 Å². The molecule has 0 spiro atoms. The van der Waals surface area contributed by atoms with Gasteiger partial charge < -0.3 is 24.3 Å². The van der Waals surface area contributed by atoms with E-state index in [1.165, 1.54) is 7.11 Å². The fraction of sp³-hybridized carbons (Fsp3) is 0.519. The van der Waals surface area contributed by atoms with Crippen LogP contribution >= 0.6 is 0 Å². The molecule has 0 aromatic heterocycles. The third kappa shape index (κ3) is 5.75. The Kier molecular flexibility index (Phi) is 8.72. The molecule has 1 aliphatic heterocycles. The lowest BCUT2D eigenvalue weighted by Crippen LogP contribution is -2.43. The van der Waals surface area contributed by atoms with Crippen molar-refractivity contribution in [1.82, 2.24) is 5.32 Å². The van der Waals surface area contributed by atoms with E-state index < -0.39 is 23.8 Å². The van der Waals surface area contributed by atoms with E-state index in [0.29, 0.717) is 46.9 Å². The number of nitrogens with one attached hydrogen (secondary N) is 1. The van der Waals surface area contributed by atoms with Gasteiger partial charge in [-0.15, -0.1) is 0 Å². The molecule has 0 fully saturated rings. The number of Topliss-reactive ketones (excluding diaryl/α,β-unsaturated/α-hetero) is 1. The van der Waals surface area contributed by atoms with Crippen LogP contribution in [0.5, 0.6) is 5.75 Å². The Balaban J connectivity index is 2.06. The van der Waals surface area contributed by atoms with Crippen molar-refractivity contribution in [3.63, 3.8) is 0 Å². The maximum atomic E-state index is 13.8. The maximum Gasteiger partial charge on any atom is 0.336 e. The van der Waals surface area contributed by atoms with Crippen LogP contribution in [-0.4, -0.2) is 50.8 Å². The predicted molar refractivity (Wildman–Crippen MR) is 130 cm³/mol. The molecule has 0 radical (unpaired) electrons. The van der Waals surface area contributed by atoms with Crippen molar-refractivity contribution < 1.29 is 33.3 Å². The maximum absolute atomic E-state index is 13.8. The van der Waals surface area contributed by atoms with Crippen LogP contribution in [-0.2, 0) is 28.6 Å². The number of methoxy groups -OCH3 is 1. The third-order valence-corrected chi connectivity index (χ3v) is 6.23. The minimum atomic E-state index is -0.937. The Morgan fingerprint density at radius 1 is 1.20 bits per heavy atom. The second-order valence-electron chi connectivity index (χ2n) is 9.10. The van der Waals surface area contributed by atoms with Gasteiger partial charge in [-0.3, -0.25) is 9.59 Å². The van der Waals surface area contributed by atoms with Gasteiger partial charge in [0.2, 0.25) is 0 Å². The standard InChI is InChI=1S/C27H35NO7/c1-7-33-19-10-8-9-18(14-19)23-22(27(31)35-12-11-34-15(2)3)17(5)28-20-13-16(4)21(26(30)32-6)25(29)24(20)23/h8-10,14-16,21,23,28H,7,11-13H2,1-6H3/t16-,21-,23+/m0/s1. The number of carbonyl (C=O) groups excluding carboxylic acids is 3. The van der Waals surface area contributed by atoms with E-state index in [9.17, 15) is 14.4 Å². The van der Waals surface area contributed by atoms with Crippen LogP contribution in [0.3, 0.4) is 0 Å². The second kappa shape index (κ2) is 11.5. The molecule has 190 valence electrons. The number of allylic oxidation sites excluding steroid dienone is 3. The van der Waals surface area contributed by atoms with E-state index in [1.54, 1.807) is 6.92 Å². The zero-order chi connectivity index (χ0) is 25.7. The molecule has 1 heterocycles. The molecule has 0 saturated carbocycles. The molecule has 8 nitrogen and oxygen atoms in total. The minimum absolute atomic E-state index is 0.0184. The number of carbonyl (C=O) groups is 3. The second-order valence-corrected chi connectivity index (χ2v) is 9.10. The van der Waals surface area contributed by atoms with Gasteiger partial charge >= 0.3 is 11.9 Å². The summed E-state index contributed by atoms with van der Waals surface area (Å²) < 4.78 is 21.7. The zero-order valence-electron chi connectivity index (χ0n) is 21.3. The summed E-state index contributed by atoms with van der Waals surface area (Å²) in [4.78, 5) is 39.6. The van der Waals surface area contributed by atoms with Crippen LogP contribution in [0.25, 0.3) is 0 Å². The Bertz CT molecular complexity index is 1040. The molecule has 1 N–H and O–H groups in total. The van der Waals surface area contributed by atoms with Gasteiger partial charge in [0.05, 0.1) is 32.0 Å². The topological polar surface area (TPSA) is 100 Å². The number of benzene rings is 1. The van der Waals surface area contributed by atoms with Crippen molar-refractivity contribution >= 4 is 17.7 Å². The first-order chi connectivity index (χ1) is 16.7. The Labute approximate surface area is 206 Å². The van der Waals surface area contributed by atoms with Crippen molar-refractivity contribution in [2.24, 2.45) is 11.8 Å². The van der Waals surface area contributed by atoms with Crippen LogP contribution in [0.2, 0.25) is 0 Å². The van der Waals surface area contributed by atoms with Crippen molar-refractivity contribution in [1.29, 1.82) is 0 Å². The average Bonchev–Trinajstić information content (AvgIpc) is 2.80. The first-order valence-electron chi connectivity index (χ1n) is 12.0. The zero-order valence-corrected chi connectivity index (χ0v) is 21.3. The highest BCUT2D eigenvalue weighted by Gasteiger charge is 2.47. The summed E-state index contributed by atoms with van der Waals surface area (Å²) in [6.45, 7) is 10.2. The molecular formula is C27H35NO7. The number of esters is 2. The van der Waals surface area contributed by atoms with E-state index in [1.807, 2.05) is 52.0 Å². The highest BCUT2D eigenvalue weighted by Crippen LogP contribution is 2.45. The Morgan fingerprint density at radius 3 is 2.60 bits per heavy atom. The smallest absolute Gasteiger partial charge is 0.336 e. The monoisotopic (exact) mass is 485 g/mol. The molecule has 3 rings (SSSR count). The lowest BCUT2D eigenvalue weighted by Gasteiger charge is -2.38. The number of ether oxygens (including phenoxy) is 4. The lowest BCUT2D eigenvalue weighted by atomic mass is 9.69. The van der Waals surface area contributed by atoms with Crippen LogP contribution in [0.15, 0.2) is 46.8 Å². The van der Waals surface area contributed by atoms with E-state index >= 15 is 0 Å². The highest BCUT2D eigenvalue weighted by molar-refractivity contribution is 6.12. The molecule has 2 aliphatic rings. The third-order valence-electron chi connectivity index (χ3n) is 6.23. The summed E-state index contributed by atoms with van der Waals surface area (Å²) in [7, 11) is 1.28. The molecule has 1 aromatic carbocycles. The molecule has 0 bridgehead atoms. The summed E-state index contributed by atoms with van der Waals surface area (Å²) in [6.07, 6.45) is 0.495. The van der Waals surface area contributed by atoms with Gasteiger partial charge in [-0.2, -0.15) is 0 Å². The molecule has 1 aliphatic carbocycles. The van der Waals surface area contributed by atoms with Crippen molar-refractivity contribution in [2.45, 2.75) is 53.1 Å². The molecule has 8 heteroatoms. The summed E-state index contributed by atoms with van der Waals surface area (Å²) in [6, 6.07) is 7.32. The van der Waals surface area contributed by atoms with Crippen LogP contribution in [0.4, 0.5) is 0 Å². The fourth-order valence-corrected chi connectivity index (χ4v) is 4.73. The van der Waals surface area contributed by atoms with E-state index in [0.717, 1.165) is 0 Å². The van der Waals surface area contributed by atoms with Gasteiger partial charge in [-0.1, -0.05) is 19.1 Å². The minimum Gasteiger partial charge on any atom is -0.494 e. The number of ketones is 1. The molecule has 0 unspecified atom stereocenters. The van der Waals surface area contributed by atoms with E-state index in [4.69, 9.17) is 18.9 Å². The number of hydrogen-bond donors (Lipinski definition) is 1. The predicted octanol–water partition coefficient (Wildman–Crippen LogP) is 3.67. The van der Waals surface area contributed by atoms with Gasteiger partial charge in [0.25, 0.3) is 0 Å². The Morgan fingerprint density at radius 2 is 1.94 bits per heavy atom. The van der Waals surface area contributed by atoms with Gasteiger partial charge in [0.15, 0.2) is 5.78 Å². The molecule has 1 aromatic rings. The van der Waals surface area contributed by atoms with Crippen LogP contribution in [0, 0.1) is 11.8 Å². The highest BCUT2D eigenvalue weighted by atomic mass is 16.6. The van der Waals surface area contributed by atoms with Crippen molar-refractivity contribution in [3.8, 4) is 5.75 Å². The van der Waals surface area contributed by atoms with Gasteiger partial charge in [-0.25, -0.2) is 4.79 Å². The summed E-state index contributed by atoms with van der Waals surface area (Å²) in [5, 5.41) is 3.26. The molecule has 3 atom stereocenters. The molecule has 0 saturated heterocycles. The largest absolute Gasteiger partial charge is 0.494 e. The lowest BCUT2D eigenvalue weighted by molar-refractivity contribution is -0.151. The summed E-state index contributed by atoms with van der Waals surface area (Å²) in [5.74, 6) is -2.72. The molecular weight excluding hydrogens is 450 g/mol. The van der Waals surface area contributed by atoms with E-state index in [-0.39, 0.29) is 31.0 Å². The van der Waals surface area contributed by atoms with Gasteiger partial charge in [0.1, 0.15) is 18.3 Å². The normalized spacial score (nSPS) is 22.0. The van der Waals surface area contributed by atoms with Crippen molar-refractivity contribution in [3.05, 3.63) is 52.4 Å². The van der Waals surface area contributed by atoms with Gasteiger partial charge in [0, 0.05) is 22.9 Å². The van der Waals surface area contributed by atoms with E-state index in [2.05, 4.69) is 5.32 Å².